The van der Waals surface area contributed by atoms with E-state index in [9.17, 15) is 33.6 Å². The molecule has 3 heterocycles. The van der Waals surface area contributed by atoms with E-state index < -0.39 is 60.2 Å². The minimum Gasteiger partial charge on any atom is -0.387 e. The van der Waals surface area contributed by atoms with Crippen LogP contribution in [0.5, 0.6) is 0 Å². The Labute approximate surface area is 183 Å². The molecule has 33 heavy (non-hydrogen) atoms. The predicted octanol–water partition coefficient (Wildman–Crippen LogP) is -1.70. The number of anilines is 1. The number of aromatic nitrogens is 4. The summed E-state index contributed by atoms with van der Waals surface area (Å²) in [5.74, 6) is -0.276. The largest absolute Gasteiger partial charge is 0.490 e. The molecule has 188 valence electrons. The summed E-state index contributed by atoms with van der Waals surface area (Å²) < 4.78 is 51.6. The topological polar surface area (TPSA) is 299 Å². The number of aromatic amines is 1. The van der Waals surface area contributed by atoms with E-state index in [1.165, 1.54) is 0 Å². The molecule has 0 aliphatic carbocycles. The molecule has 0 amide bonds. The number of H-pyrrole nitrogens is 1. The number of ether oxygens (including phenoxy) is 1. The first-order valence-corrected chi connectivity index (χ1v) is 12.6. The van der Waals surface area contributed by atoms with Gasteiger partial charge in [-0.3, -0.25) is 18.9 Å². The molecule has 3 rings (SSSR count). The first-order valence-electron chi connectivity index (χ1n) is 8.11. The van der Waals surface area contributed by atoms with Crippen LogP contribution < -0.4 is 11.3 Å². The zero-order valence-corrected chi connectivity index (χ0v) is 18.0. The van der Waals surface area contributed by atoms with Crippen LogP contribution in [-0.4, -0.2) is 74.2 Å². The van der Waals surface area contributed by atoms with Crippen molar-refractivity contribution in [1.82, 2.24) is 19.5 Å². The van der Waals surface area contributed by atoms with Crippen LogP contribution in [0.1, 0.15) is 13.7 Å². The molecule has 0 bridgehead atoms. The highest BCUT2D eigenvalue weighted by atomic mass is 31.3. The Morgan fingerprint density at radius 2 is 1.76 bits per heavy atom. The Kier molecular flexibility index (Phi) is 8.05. The number of aliphatic hydroxyl groups excluding tert-OH is 2. The molecule has 1 aliphatic heterocycles. The number of phosphoric ester groups is 1. The van der Waals surface area contributed by atoms with Crippen molar-refractivity contribution < 1.29 is 61.4 Å². The van der Waals surface area contributed by atoms with Gasteiger partial charge in [-0.25, -0.2) is 18.7 Å². The van der Waals surface area contributed by atoms with Gasteiger partial charge in [0, 0.05) is 0 Å². The van der Waals surface area contributed by atoms with Crippen LogP contribution >= 0.6 is 23.5 Å². The van der Waals surface area contributed by atoms with Crippen molar-refractivity contribution in [2.45, 2.75) is 32.0 Å². The molecule has 0 saturated carbocycles. The average Bonchev–Trinajstić information content (AvgIpc) is 3.12. The quantitative estimate of drug-likeness (QED) is 0.173. The number of hydrogen-bond acceptors (Lipinski definition) is 13. The van der Waals surface area contributed by atoms with E-state index in [1.807, 2.05) is 0 Å². The third-order valence-electron chi connectivity index (χ3n) is 3.88. The molecule has 6 atom stereocenters. The molecule has 1 fully saturated rings. The number of nitrogens with two attached hydrogens (primary N) is 1. The Morgan fingerprint density at radius 3 is 2.36 bits per heavy atom. The monoisotopic (exact) mass is 539 g/mol. The van der Waals surface area contributed by atoms with Crippen LogP contribution in [0.3, 0.4) is 0 Å². The third-order valence-corrected chi connectivity index (χ3v) is 7.68. The van der Waals surface area contributed by atoms with Gasteiger partial charge >= 0.3 is 23.5 Å². The summed E-state index contributed by atoms with van der Waals surface area (Å²) in [6.45, 7) is -1.01. The van der Waals surface area contributed by atoms with E-state index in [-0.39, 0.29) is 24.5 Å². The molecule has 2 unspecified atom stereocenters. The van der Waals surface area contributed by atoms with Gasteiger partial charge in [-0.05, 0) is 0 Å². The van der Waals surface area contributed by atoms with Crippen LogP contribution in [0.15, 0.2) is 11.1 Å². The van der Waals surface area contributed by atoms with E-state index in [0.717, 1.165) is 10.9 Å². The Morgan fingerprint density at radius 1 is 1.12 bits per heavy atom. The minimum atomic E-state index is -5.73. The van der Waals surface area contributed by atoms with E-state index in [4.69, 9.17) is 25.2 Å². The van der Waals surface area contributed by atoms with Crippen molar-refractivity contribution in [3.05, 3.63) is 16.7 Å². The van der Waals surface area contributed by atoms with Crippen LogP contribution in [-0.2, 0) is 31.6 Å². The van der Waals surface area contributed by atoms with Crippen LogP contribution in [0, 0.1) is 0 Å². The molecule has 0 radical (unpaired) electrons. The standard InChI is InChI=1S/C10H16N5O14P3.CH4/c11-10-13-7-4(8(18)14-10)12-2-15(7)9-6(17)5(16)3(27-9)1-26-31(22,23)29-32(24,25)28-30(19,20)21;/h2-3,5-6,9,16-17H,1H2,(H,22,23)(H,24,25)(H2,19,20,21)(H3,11,13,14,18);1H4/t3-,5-,6-,9-;/m1./s1. The molecular formula is C11H20N5O14P3. The van der Waals surface area contributed by atoms with E-state index >= 15 is 0 Å². The van der Waals surface area contributed by atoms with Crippen molar-refractivity contribution in [2.24, 2.45) is 0 Å². The predicted molar refractivity (Wildman–Crippen MR) is 105 cm³/mol. The summed E-state index contributed by atoms with van der Waals surface area (Å²) in [6, 6.07) is 0. The zero-order valence-electron chi connectivity index (χ0n) is 15.3. The SMILES string of the molecule is C.Nc1nc2c(ncn2[C@@H]2O[C@H](COP(=O)(O)OP(=O)(O)OP(=O)(O)O)[C@@H](O)[C@H]2O)c(=O)[nH]1. The highest BCUT2D eigenvalue weighted by molar-refractivity contribution is 7.66. The molecule has 19 nitrogen and oxygen atoms in total. The zero-order chi connectivity index (χ0) is 24.1. The fourth-order valence-corrected chi connectivity index (χ4v) is 5.73. The number of nitrogens with one attached hydrogen (secondary N) is 1. The molecule has 2 aromatic heterocycles. The van der Waals surface area contributed by atoms with E-state index in [2.05, 4.69) is 28.1 Å². The number of hydrogen-bond donors (Lipinski definition) is 8. The summed E-state index contributed by atoms with van der Waals surface area (Å²) in [7, 11) is -16.8. The molecule has 0 spiro atoms. The van der Waals surface area contributed by atoms with Crippen molar-refractivity contribution in [1.29, 1.82) is 0 Å². The Balaban J connectivity index is 0.00000385. The van der Waals surface area contributed by atoms with Gasteiger partial charge in [0.15, 0.2) is 17.4 Å². The normalized spacial score (nSPS) is 27.1. The maximum Gasteiger partial charge on any atom is 0.490 e. The summed E-state index contributed by atoms with van der Waals surface area (Å²) >= 11 is 0. The summed E-state index contributed by atoms with van der Waals surface area (Å²) in [5, 5.41) is 20.4. The summed E-state index contributed by atoms with van der Waals surface area (Å²) in [5.41, 5.74) is 4.50. The lowest BCUT2D eigenvalue weighted by Gasteiger charge is -2.19. The summed E-state index contributed by atoms with van der Waals surface area (Å²) in [4.78, 5) is 57.3. The van der Waals surface area contributed by atoms with Gasteiger partial charge in [0.1, 0.15) is 18.3 Å². The van der Waals surface area contributed by atoms with Gasteiger partial charge in [0.05, 0.1) is 12.9 Å². The number of nitrogen functional groups attached to an aromatic ring is 1. The number of fused-ring (bicyclic) bond motifs is 1. The first-order chi connectivity index (χ1) is 14.6. The maximum absolute atomic E-state index is 11.9. The molecule has 1 aliphatic rings. The van der Waals surface area contributed by atoms with Crippen LogP contribution in [0.4, 0.5) is 5.95 Å². The minimum absolute atomic E-state index is 0. The molecule has 22 heteroatoms. The van der Waals surface area contributed by atoms with Crippen molar-refractivity contribution >= 4 is 40.6 Å². The second kappa shape index (κ2) is 9.59. The lowest BCUT2D eigenvalue weighted by molar-refractivity contribution is -0.0503. The molecule has 2 aromatic rings. The van der Waals surface area contributed by atoms with Gasteiger partial charge in [-0.15, -0.1) is 0 Å². The number of nitrogens with zero attached hydrogens (tertiary/aromatic N) is 3. The third kappa shape index (κ3) is 6.52. The number of aliphatic hydroxyl groups is 2. The Bertz CT molecular complexity index is 1210. The average molecular weight is 539 g/mol. The van der Waals surface area contributed by atoms with E-state index in [1.54, 1.807) is 0 Å². The molecule has 9 N–H and O–H groups in total. The second-order valence-corrected chi connectivity index (χ2v) is 10.6. The van der Waals surface area contributed by atoms with Gasteiger partial charge in [0.25, 0.3) is 5.56 Å². The number of imidazole rings is 1. The van der Waals surface area contributed by atoms with Gasteiger partial charge < -0.3 is 40.3 Å². The van der Waals surface area contributed by atoms with Crippen LogP contribution in [0.25, 0.3) is 11.2 Å². The number of rotatable bonds is 8. The Hall–Kier alpha value is -1.56. The number of phosphoric acid groups is 3. The van der Waals surface area contributed by atoms with Crippen molar-refractivity contribution in [2.75, 3.05) is 12.3 Å². The van der Waals surface area contributed by atoms with E-state index in [0.29, 0.717) is 0 Å². The van der Waals surface area contributed by atoms with Crippen molar-refractivity contribution in [3.63, 3.8) is 0 Å². The lowest BCUT2D eigenvalue weighted by Crippen LogP contribution is -2.33. The summed E-state index contributed by atoms with van der Waals surface area (Å²) in [6.07, 6.45) is -5.33. The molecule has 1 saturated heterocycles. The smallest absolute Gasteiger partial charge is 0.387 e. The fraction of sp³-hybridized carbons (Fsp3) is 0.545. The first kappa shape index (κ1) is 27.7. The van der Waals surface area contributed by atoms with Crippen LogP contribution in [0.2, 0.25) is 0 Å². The molecule has 0 aromatic carbocycles. The lowest BCUT2D eigenvalue weighted by atomic mass is 10.1. The maximum atomic E-state index is 11.9. The second-order valence-electron chi connectivity index (χ2n) is 6.21. The van der Waals surface area contributed by atoms with Gasteiger partial charge in [-0.1, -0.05) is 7.43 Å². The fourth-order valence-electron chi connectivity index (χ4n) is 2.70. The highest BCUT2D eigenvalue weighted by Gasteiger charge is 2.47. The van der Waals surface area contributed by atoms with Gasteiger partial charge in [-0.2, -0.15) is 13.6 Å². The van der Waals surface area contributed by atoms with Gasteiger partial charge in [0.2, 0.25) is 5.95 Å². The van der Waals surface area contributed by atoms with Crippen molar-refractivity contribution in [3.8, 4) is 0 Å². The highest BCUT2D eigenvalue weighted by Crippen LogP contribution is 2.66. The molecular weight excluding hydrogens is 519 g/mol.